The normalized spacial score (nSPS) is 20.1. The zero-order chi connectivity index (χ0) is 14.8. The van der Waals surface area contributed by atoms with Gasteiger partial charge in [-0.25, -0.2) is 13.1 Å². The molecule has 6 nitrogen and oxygen atoms in total. The van der Waals surface area contributed by atoms with Crippen molar-refractivity contribution in [2.24, 2.45) is 4.99 Å². The van der Waals surface area contributed by atoms with Crippen LogP contribution in [0.15, 0.2) is 4.99 Å². The molecule has 20 heavy (non-hydrogen) atoms. The molecule has 1 saturated heterocycles. The van der Waals surface area contributed by atoms with Crippen molar-refractivity contribution in [2.45, 2.75) is 31.4 Å². The Hall–Kier alpha value is -0.470. The number of aliphatic imine (C=N–C) groups is 1. The minimum absolute atomic E-state index is 0.448. The van der Waals surface area contributed by atoms with Crippen LogP contribution in [-0.4, -0.2) is 57.8 Å². The van der Waals surface area contributed by atoms with Gasteiger partial charge in [0.2, 0.25) is 10.0 Å². The predicted molar refractivity (Wildman–Crippen MR) is 86.9 cm³/mol. The van der Waals surface area contributed by atoms with Crippen LogP contribution in [0.2, 0.25) is 0 Å². The molecule has 0 amide bonds. The highest BCUT2D eigenvalue weighted by Crippen LogP contribution is 2.25. The summed E-state index contributed by atoms with van der Waals surface area (Å²) in [6.45, 7) is 4.86. The Bertz CT molecular complexity index is 392. The summed E-state index contributed by atoms with van der Waals surface area (Å²) in [6.07, 6.45) is 4.46. The standard InChI is InChI=1S/C12H26N4O2S2/c1-3-13-12(15-10-11-6-4-9-19-11)14-7-5-8-16-20(2,17)18/h11,16H,3-10H2,1-2H3,(H2,13,14,15). The average molecular weight is 323 g/mol. The highest BCUT2D eigenvalue weighted by atomic mass is 32.2. The van der Waals surface area contributed by atoms with Crippen LogP contribution in [0.25, 0.3) is 0 Å². The first-order valence-corrected chi connectivity index (χ1v) is 10.0. The first-order chi connectivity index (χ1) is 9.51. The molecule has 0 aromatic heterocycles. The van der Waals surface area contributed by atoms with Crippen LogP contribution < -0.4 is 15.4 Å². The van der Waals surface area contributed by atoms with Gasteiger partial charge in [0, 0.05) is 24.9 Å². The summed E-state index contributed by atoms with van der Waals surface area (Å²) < 4.78 is 24.3. The highest BCUT2D eigenvalue weighted by Gasteiger charge is 2.14. The quantitative estimate of drug-likeness (QED) is 0.342. The molecule has 0 radical (unpaired) electrons. The third kappa shape index (κ3) is 8.65. The second-order valence-electron chi connectivity index (χ2n) is 4.80. The number of sulfonamides is 1. The molecule has 1 unspecified atom stereocenters. The van der Waals surface area contributed by atoms with Gasteiger partial charge < -0.3 is 10.6 Å². The molecule has 0 bridgehead atoms. The van der Waals surface area contributed by atoms with E-state index in [0.29, 0.717) is 18.3 Å². The Kier molecular flexibility index (Phi) is 8.32. The van der Waals surface area contributed by atoms with E-state index in [4.69, 9.17) is 0 Å². The van der Waals surface area contributed by atoms with Crippen molar-refractivity contribution in [1.29, 1.82) is 0 Å². The minimum atomic E-state index is -3.08. The van der Waals surface area contributed by atoms with Gasteiger partial charge in [0.25, 0.3) is 0 Å². The zero-order valence-corrected chi connectivity index (χ0v) is 13.9. The van der Waals surface area contributed by atoms with E-state index >= 15 is 0 Å². The molecule has 1 aliphatic heterocycles. The lowest BCUT2D eigenvalue weighted by atomic mass is 10.2. The van der Waals surface area contributed by atoms with Crippen molar-refractivity contribution in [3.63, 3.8) is 0 Å². The summed E-state index contributed by atoms with van der Waals surface area (Å²) in [5.74, 6) is 2.07. The molecule has 0 spiro atoms. The van der Waals surface area contributed by atoms with Crippen LogP contribution >= 0.6 is 11.8 Å². The first kappa shape index (κ1) is 17.6. The summed E-state index contributed by atoms with van der Waals surface area (Å²) >= 11 is 2.00. The van der Waals surface area contributed by atoms with E-state index in [9.17, 15) is 8.42 Å². The van der Waals surface area contributed by atoms with Crippen LogP contribution in [0, 0.1) is 0 Å². The number of hydrogen-bond donors (Lipinski definition) is 3. The van der Waals surface area contributed by atoms with E-state index in [2.05, 4.69) is 20.3 Å². The average Bonchev–Trinajstić information content (AvgIpc) is 2.87. The Morgan fingerprint density at radius 1 is 1.35 bits per heavy atom. The highest BCUT2D eigenvalue weighted by molar-refractivity contribution is 8.00. The summed E-state index contributed by atoms with van der Waals surface area (Å²) in [5, 5.41) is 7.08. The van der Waals surface area contributed by atoms with Crippen LogP contribution in [-0.2, 0) is 10.0 Å². The summed E-state index contributed by atoms with van der Waals surface area (Å²) in [6, 6.07) is 0. The maximum Gasteiger partial charge on any atom is 0.208 e. The third-order valence-corrected chi connectivity index (χ3v) is 4.94. The van der Waals surface area contributed by atoms with E-state index in [-0.39, 0.29) is 0 Å². The van der Waals surface area contributed by atoms with E-state index in [0.717, 1.165) is 25.5 Å². The maximum atomic E-state index is 10.9. The van der Waals surface area contributed by atoms with Crippen LogP contribution in [0.1, 0.15) is 26.2 Å². The van der Waals surface area contributed by atoms with Gasteiger partial charge in [-0.3, -0.25) is 4.99 Å². The maximum absolute atomic E-state index is 10.9. The number of nitrogens with one attached hydrogen (secondary N) is 3. The predicted octanol–water partition coefficient (Wildman–Crippen LogP) is 0.376. The summed E-state index contributed by atoms with van der Waals surface area (Å²) in [5.41, 5.74) is 0. The van der Waals surface area contributed by atoms with Crippen molar-refractivity contribution in [3.8, 4) is 0 Å². The topological polar surface area (TPSA) is 82.6 Å². The van der Waals surface area contributed by atoms with Gasteiger partial charge >= 0.3 is 0 Å². The smallest absolute Gasteiger partial charge is 0.208 e. The third-order valence-electron chi connectivity index (χ3n) is 2.83. The van der Waals surface area contributed by atoms with Crippen molar-refractivity contribution in [1.82, 2.24) is 15.4 Å². The van der Waals surface area contributed by atoms with E-state index in [1.54, 1.807) is 0 Å². The van der Waals surface area contributed by atoms with E-state index < -0.39 is 10.0 Å². The molecular weight excluding hydrogens is 296 g/mol. The monoisotopic (exact) mass is 322 g/mol. The van der Waals surface area contributed by atoms with E-state index in [1.807, 2.05) is 18.7 Å². The first-order valence-electron chi connectivity index (χ1n) is 7.09. The molecule has 1 fully saturated rings. The molecule has 1 atom stereocenters. The Morgan fingerprint density at radius 3 is 2.75 bits per heavy atom. The van der Waals surface area contributed by atoms with Gasteiger partial charge in [0.15, 0.2) is 5.96 Å². The van der Waals surface area contributed by atoms with Crippen LogP contribution in [0.3, 0.4) is 0 Å². The molecule has 3 N–H and O–H groups in total. The fourth-order valence-electron chi connectivity index (χ4n) is 1.88. The number of thioether (sulfide) groups is 1. The Labute approximate surface area is 126 Å². The largest absolute Gasteiger partial charge is 0.357 e. The minimum Gasteiger partial charge on any atom is -0.357 e. The number of rotatable bonds is 8. The fraction of sp³-hybridized carbons (Fsp3) is 0.917. The van der Waals surface area contributed by atoms with E-state index in [1.165, 1.54) is 24.9 Å². The van der Waals surface area contributed by atoms with Gasteiger partial charge in [-0.1, -0.05) is 0 Å². The molecule has 1 heterocycles. The molecule has 0 aliphatic carbocycles. The molecular formula is C12H26N4O2S2. The Morgan fingerprint density at radius 2 is 2.15 bits per heavy atom. The molecule has 118 valence electrons. The molecule has 8 heteroatoms. The van der Waals surface area contributed by atoms with Crippen molar-refractivity contribution >= 4 is 27.7 Å². The van der Waals surface area contributed by atoms with Crippen molar-refractivity contribution in [3.05, 3.63) is 0 Å². The number of hydrogen-bond acceptors (Lipinski definition) is 4. The van der Waals surface area contributed by atoms with Gasteiger partial charge in [0.1, 0.15) is 0 Å². The number of nitrogens with zero attached hydrogens (tertiary/aromatic N) is 1. The Balaban J connectivity index is 2.22. The molecule has 0 saturated carbocycles. The van der Waals surface area contributed by atoms with Gasteiger partial charge in [-0.05, 0) is 31.9 Å². The zero-order valence-electron chi connectivity index (χ0n) is 12.3. The lowest BCUT2D eigenvalue weighted by Gasteiger charge is -2.12. The summed E-state index contributed by atoms with van der Waals surface area (Å²) in [7, 11) is -3.08. The van der Waals surface area contributed by atoms with Gasteiger partial charge in [-0.2, -0.15) is 11.8 Å². The lowest BCUT2D eigenvalue weighted by Crippen LogP contribution is -2.39. The second kappa shape index (κ2) is 9.46. The SMILES string of the molecule is CCNC(=NCC1CCCS1)NCCCNS(C)(=O)=O. The van der Waals surface area contributed by atoms with Crippen molar-refractivity contribution in [2.75, 3.05) is 38.2 Å². The molecule has 0 aromatic carbocycles. The van der Waals surface area contributed by atoms with Gasteiger partial charge in [0.05, 0.1) is 12.8 Å². The number of guanidine groups is 1. The van der Waals surface area contributed by atoms with Gasteiger partial charge in [-0.15, -0.1) is 0 Å². The van der Waals surface area contributed by atoms with Crippen LogP contribution in [0.5, 0.6) is 0 Å². The summed E-state index contributed by atoms with van der Waals surface area (Å²) in [4.78, 5) is 4.58. The fourth-order valence-corrected chi connectivity index (χ4v) is 3.57. The molecule has 0 aromatic rings. The second-order valence-corrected chi connectivity index (χ2v) is 8.04. The molecule has 1 aliphatic rings. The van der Waals surface area contributed by atoms with Crippen LogP contribution in [0.4, 0.5) is 0 Å². The lowest BCUT2D eigenvalue weighted by molar-refractivity contribution is 0.584. The van der Waals surface area contributed by atoms with Crippen molar-refractivity contribution < 1.29 is 8.42 Å². The molecule has 1 rings (SSSR count).